The Bertz CT molecular complexity index is 391. The van der Waals surface area contributed by atoms with E-state index in [1.54, 1.807) is 16.2 Å². The van der Waals surface area contributed by atoms with Gasteiger partial charge in [-0.1, -0.05) is 0 Å². The van der Waals surface area contributed by atoms with Crippen LogP contribution in [0.4, 0.5) is 0 Å². The standard InChI is InChI=1S/C11H15BrN2O2S/c1-14(6-8-4-10(12)17-7-8)11(15)9-5-13-2-3-16-9/h4,7,9,13H,2-3,5-6H2,1H3. The average molecular weight is 319 g/mol. The van der Waals surface area contributed by atoms with Crippen molar-refractivity contribution in [2.75, 3.05) is 26.7 Å². The summed E-state index contributed by atoms with van der Waals surface area (Å²) < 4.78 is 6.53. The lowest BCUT2D eigenvalue weighted by Crippen LogP contribution is -2.48. The number of ether oxygens (including phenoxy) is 1. The molecule has 1 aromatic heterocycles. The van der Waals surface area contributed by atoms with E-state index in [2.05, 4.69) is 21.2 Å². The van der Waals surface area contributed by atoms with Crippen LogP contribution in [0.3, 0.4) is 0 Å². The Morgan fingerprint density at radius 2 is 2.59 bits per heavy atom. The van der Waals surface area contributed by atoms with Gasteiger partial charge in [0.2, 0.25) is 0 Å². The van der Waals surface area contributed by atoms with Crippen molar-refractivity contribution in [3.8, 4) is 0 Å². The Balaban J connectivity index is 1.90. The highest BCUT2D eigenvalue weighted by atomic mass is 79.9. The van der Waals surface area contributed by atoms with Gasteiger partial charge in [0.15, 0.2) is 0 Å². The van der Waals surface area contributed by atoms with Crippen LogP contribution in [0.2, 0.25) is 0 Å². The molecule has 0 aromatic carbocycles. The summed E-state index contributed by atoms with van der Waals surface area (Å²) >= 11 is 5.04. The Morgan fingerprint density at radius 3 is 3.18 bits per heavy atom. The van der Waals surface area contributed by atoms with Crippen molar-refractivity contribution in [1.29, 1.82) is 0 Å². The van der Waals surface area contributed by atoms with Crippen LogP contribution in [0, 0.1) is 0 Å². The highest BCUT2D eigenvalue weighted by Crippen LogP contribution is 2.21. The van der Waals surface area contributed by atoms with E-state index in [0.717, 1.165) is 15.9 Å². The normalized spacial score (nSPS) is 20.2. The van der Waals surface area contributed by atoms with Crippen molar-refractivity contribution < 1.29 is 9.53 Å². The van der Waals surface area contributed by atoms with Gasteiger partial charge in [0.1, 0.15) is 6.10 Å². The molecule has 6 heteroatoms. The SMILES string of the molecule is CN(Cc1csc(Br)c1)C(=O)C1CNCCO1. The molecule has 1 N–H and O–H groups in total. The van der Waals surface area contributed by atoms with E-state index in [0.29, 0.717) is 19.7 Å². The summed E-state index contributed by atoms with van der Waals surface area (Å²) in [5.74, 6) is 0.0412. The molecule has 1 aromatic rings. The fraction of sp³-hybridized carbons (Fsp3) is 0.545. The molecule has 0 radical (unpaired) electrons. The van der Waals surface area contributed by atoms with Crippen molar-refractivity contribution >= 4 is 33.2 Å². The molecule has 2 heterocycles. The fourth-order valence-electron chi connectivity index (χ4n) is 1.75. The number of hydrogen-bond donors (Lipinski definition) is 1. The number of morpholine rings is 1. The second-order valence-electron chi connectivity index (χ2n) is 4.02. The van der Waals surface area contributed by atoms with E-state index >= 15 is 0 Å². The van der Waals surface area contributed by atoms with Crippen LogP contribution in [0.1, 0.15) is 5.56 Å². The predicted molar refractivity (Wildman–Crippen MR) is 71.1 cm³/mol. The second kappa shape index (κ2) is 5.95. The smallest absolute Gasteiger partial charge is 0.253 e. The molecule has 1 saturated heterocycles. The minimum absolute atomic E-state index is 0.0412. The Labute approximate surface area is 113 Å². The van der Waals surface area contributed by atoms with Gasteiger partial charge in [0, 0.05) is 26.7 Å². The lowest BCUT2D eigenvalue weighted by atomic mass is 10.2. The average Bonchev–Trinajstić information content (AvgIpc) is 2.75. The van der Waals surface area contributed by atoms with Gasteiger partial charge in [-0.2, -0.15) is 0 Å². The van der Waals surface area contributed by atoms with Crippen LogP contribution >= 0.6 is 27.3 Å². The van der Waals surface area contributed by atoms with Gasteiger partial charge in [-0.15, -0.1) is 11.3 Å². The zero-order valence-corrected chi connectivity index (χ0v) is 12.0. The Morgan fingerprint density at radius 1 is 1.76 bits per heavy atom. The first-order chi connectivity index (χ1) is 8.16. The van der Waals surface area contributed by atoms with Gasteiger partial charge >= 0.3 is 0 Å². The van der Waals surface area contributed by atoms with Crippen molar-refractivity contribution in [2.24, 2.45) is 0 Å². The van der Waals surface area contributed by atoms with Crippen molar-refractivity contribution in [2.45, 2.75) is 12.6 Å². The van der Waals surface area contributed by atoms with Gasteiger partial charge in [-0.05, 0) is 32.9 Å². The van der Waals surface area contributed by atoms with Crippen LogP contribution in [0.25, 0.3) is 0 Å². The van der Waals surface area contributed by atoms with Crippen LogP contribution < -0.4 is 5.32 Å². The fourth-order valence-corrected chi connectivity index (χ4v) is 2.95. The third kappa shape index (κ3) is 3.51. The molecule has 1 amide bonds. The molecule has 1 fully saturated rings. The predicted octanol–water partition coefficient (Wildman–Crippen LogP) is 1.46. The molecule has 0 saturated carbocycles. The van der Waals surface area contributed by atoms with E-state index in [9.17, 15) is 4.79 Å². The summed E-state index contributed by atoms with van der Waals surface area (Å²) in [4.78, 5) is 13.8. The molecule has 0 spiro atoms. The van der Waals surface area contributed by atoms with E-state index in [-0.39, 0.29) is 12.0 Å². The largest absolute Gasteiger partial charge is 0.366 e. The maximum absolute atomic E-state index is 12.1. The minimum atomic E-state index is -0.337. The second-order valence-corrected chi connectivity index (χ2v) is 6.31. The van der Waals surface area contributed by atoms with Gasteiger partial charge in [-0.3, -0.25) is 4.79 Å². The maximum Gasteiger partial charge on any atom is 0.253 e. The zero-order valence-electron chi connectivity index (χ0n) is 9.61. The van der Waals surface area contributed by atoms with Gasteiger partial charge < -0.3 is 15.0 Å². The first-order valence-electron chi connectivity index (χ1n) is 5.47. The molecule has 0 aliphatic carbocycles. The third-order valence-corrected chi connectivity index (χ3v) is 4.17. The number of nitrogens with one attached hydrogen (secondary N) is 1. The van der Waals surface area contributed by atoms with Crippen LogP contribution in [0.5, 0.6) is 0 Å². The van der Waals surface area contributed by atoms with E-state index in [1.165, 1.54) is 0 Å². The molecule has 2 rings (SSSR count). The van der Waals surface area contributed by atoms with E-state index in [1.807, 2.05) is 18.5 Å². The highest BCUT2D eigenvalue weighted by molar-refractivity contribution is 9.11. The van der Waals surface area contributed by atoms with Gasteiger partial charge in [0.05, 0.1) is 10.4 Å². The van der Waals surface area contributed by atoms with E-state index in [4.69, 9.17) is 4.74 Å². The van der Waals surface area contributed by atoms with Crippen LogP contribution in [-0.2, 0) is 16.1 Å². The number of nitrogens with zero attached hydrogens (tertiary/aromatic N) is 1. The number of halogens is 1. The summed E-state index contributed by atoms with van der Waals surface area (Å²) in [6.45, 7) is 2.66. The topological polar surface area (TPSA) is 41.6 Å². The number of carbonyl (C=O) groups is 1. The molecule has 1 atom stereocenters. The summed E-state index contributed by atoms with van der Waals surface area (Å²) in [5.41, 5.74) is 1.14. The quantitative estimate of drug-likeness (QED) is 0.917. The third-order valence-electron chi connectivity index (χ3n) is 2.62. The van der Waals surface area contributed by atoms with Crippen molar-refractivity contribution in [3.05, 3.63) is 20.8 Å². The van der Waals surface area contributed by atoms with Gasteiger partial charge in [0.25, 0.3) is 5.91 Å². The molecule has 4 nitrogen and oxygen atoms in total. The van der Waals surface area contributed by atoms with Gasteiger partial charge in [-0.25, -0.2) is 0 Å². The molecule has 1 aliphatic heterocycles. The number of thiophene rings is 1. The molecule has 0 bridgehead atoms. The lowest BCUT2D eigenvalue weighted by molar-refractivity contribution is -0.144. The van der Waals surface area contributed by atoms with Crippen LogP contribution in [-0.4, -0.2) is 43.7 Å². The maximum atomic E-state index is 12.1. The number of carbonyl (C=O) groups excluding carboxylic acids is 1. The molecule has 94 valence electrons. The highest BCUT2D eigenvalue weighted by Gasteiger charge is 2.24. The van der Waals surface area contributed by atoms with Crippen molar-refractivity contribution in [1.82, 2.24) is 10.2 Å². The molecule has 1 aliphatic rings. The van der Waals surface area contributed by atoms with Crippen LogP contribution in [0.15, 0.2) is 15.2 Å². The summed E-state index contributed by atoms with van der Waals surface area (Å²) in [7, 11) is 1.81. The molecular weight excluding hydrogens is 304 g/mol. The van der Waals surface area contributed by atoms with Crippen molar-refractivity contribution in [3.63, 3.8) is 0 Å². The molecular formula is C11H15BrN2O2S. The number of likely N-dealkylation sites (N-methyl/N-ethyl adjacent to an activating group) is 1. The minimum Gasteiger partial charge on any atom is -0.366 e. The number of amides is 1. The molecule has 1 unspecified atom stereocenters. The molecule has 17 heavy (non-hydrogen) atoms. The Kier molecular flexibility index (Phi) is 4.55. The monoisotopic (exact) mass is 318 g/mol. The summed E-state index contributed by atoms with van der Waals surface area (Å²) in [6, 6.07) is 2.04. The number of hydrogen-bond acceptors (Lipinski definition) is 4. The summed E-state index contributed by atoms with van der Waals surface area (Å²) in [5, 5.41) is 5.21. The first kappa shape index (κ1) is 13.0. The van der Waals surface area contributed by atoms with E-state index < -0.39 is 0 Å². The lowest BCUT2D eigenvalue weighted by Gasteiger charge is -2.27. The summed E-state index contributed by atoms with van der Waals surface area (Å²) in [6.07, 6.45) is -0.337. The Hall–Kier alpha value is -0.430. The first-order valence-corrected chi connectivity index (χ1v) is 7.14. The zero-order chi connectivity index (χ0) is 12.3. The number of rotatable bonds is 3.